The monoisotopic (exact) mass is 602 g/mol. The number of nitrogens with zero attached hydrogens (tertiary/aromatic N) is 4. The van der Waals surface area contributed by atoms with Gasteiger partial charge in [-0.3, -0.25) is 9.13 Å². The average Bonchev–Trinajstić information content (AvgIpc) is 2.96. The minimum Gasteiger partial charge on any atom is -0.383 e. The van der Waals surface area contributed by atoms with Gasteiger partial charge in [-0.2, -0.15) is 9.97 Å². The Morgan fingerprint density at radius 3 is 1.26 bits per heavy atom. The van der Waals surface area contributed by atoms with Crippen LogP contribution in [0, 0.1) is 0 Å². The van der Waals surface area contributed by atoms with Gasteiger partial charge in [-0.1, -0.05) is 122 Å². The van der Waals surface area contributed by atoms with Gasteiger partial charge in [0.05, 0.1) is 16.1 Å². The molecule has 0 amide bonds. The summed E-state index contributed by atoms with van der Waals surface area (Å²) in [6.07, 6.45) is 7.70. The molecule has 0 aliphatic rings. The number of rotatable bonds is 12. The molecule has 4 aromatic rings. The highest BCUT2D eigenvalue weighted by atomic mass is 28.3. The number of aryl methyl sites for hydroxylation is 2. The maximum Gasteiger partial charge on any atom is 0.349 e. The Morgan fingerprint density at radius 2 is 0.929 bits per heavy atom. The molecule has 0 saturated carbocycles. The maximum atomic E-state index is 11.6. The summed E-state index contributed by atoms with van der Waals surface area (Å²) in [5.41, 5.74) is 10.5. The molecule has 4 N–H and O–H groups in total. The fourth-order valence-electron chi connectivity index (χ4n) is 4.99. The van der Waals surface area contributed by atoms with E-state index in [4.69, 9.17) is 11.5 Å². The molecule has 2 heterocycles. The fraction of sp³-hybridized carbons (Fsp3) is 0.375. The Bertz CT molecular complexity index is 1390. The molecule has 0 unspecified atom stereocenters. The van der Waals surface area contributed by atoms with Crippen molar-refractivity contribution in [3.63, 3.8) is 0 Å². The van der Waals surface area contributed by atoms with Gasteiger partial charge in [0.15, 0.2) is 0 Å². The quantitative estimate of drug-likeness (QED) is 0.183. The summed E-state index contributed by atoms with van der Waals surface area (Å²) in [4.78, 5) is 30.8. The standard InChI is InChI=1S/2C16H23N3OSi/c2*1-21(2,14-8-4-3-5-9-14)13-7-6-11-19-12-10-15(17)18-16(19)20/h2*3-5,8-10,12H,6-7,11,13H2,1-2H3,(H2,17,18,20). The number of aromatic nitrogens is 4. The topological polar surface area (TPSA) is 122 Å². The molecule has 2 aromatic carbocycles. The first kappa shape index (κ1) is 32.7. The van der Waals surface area contributed by atoms with Crippen molar-refractivity contribution < 1.29 is 0 Å². The maximum absolute atomic E-state index is 11.6. The van der Waals surface area contributed by atoms with Crippen molar-refractivity contribution in [1.82, 2.24) is 19.1 Å². The van der Waals surface area contributed by atoms with Crippen molar-refractivity contribution >= 4 is 38.2 Å². The van der Waals surface area contributed by atoms with Crippen LogP contribution in [0.2, 0.25) is 38.3 Å². The van der Waals surface area contributed by atoms with Gasteiger partial charge in [0.25, 0.3) is 0 Å². The van der Waals surface area contributed by atoms with Crippen molar-refractivity contribution in [3.8, 4) is 0 Å². The van der Waals surface area contributed by atoms with Gasteiger partial charge in [-0.25, -0.2) is 9.59 Å². The summed E-state index contributed by atoms with van der Waals surface area (Å²) in [5.74, 6) is 0.572. The van der Waals surface area contributed by atoms with E-state index in [9.17, 15) is 9.59 Å². The first-order chi connectivity index (χ1) is 20.0. The van der Waals surface area contributed by atoms with Gasteiger partial charge < -0.3 is 11.5 Å². The normalized spacial score (nSPS) is 11.5. The number of benzene rings is 2. The van der Waals surface area contributed by atoms with E-state index in [1.807, 2.05) is 0 Å². The van der Waals surface area contributed by atoms with Crippen LogP contribution >= 0.6 is 0 Å². The second kappa shape index (κ2) is 15.5. The SMILES string of the molecule is C[Si](C)(CCCCn1ccc(N)nc1=O)c1ccccc1.C[Si](C)(CCCCn1ccc(N)nc1=O)c1ccccc1. The Hall–Kier alpha value is -3.77. The molecule has 2 aromatic heterocycles. The lowest BCUT2D eigenvalue weighted by Gasteiger charge is -2.22. The third-order valence-corrected chi connectivity index (χ3v) is 14.8. The van der Waals surface area contributed by atoms with Crippen molar-refractivity contribution in [3.05, 3.63) is 106 Å². The van der Waals surface area contributed by atoms with Crippen molar-refractivity contribution in [2.45, 2.75) is 77.0 Å². The lowest BCUT2D eigenvalue weighted by atomic mass is 10.3. The Morgan fingerprint density at radius 1 is 0.571 bits per heavy atom. The molecule has 4 rings (SSSR count). The Kier molecular flexibility index (Phi) is 12.1. The average molecular weight is 603 g/mol. The van der Waals surface area contributed by atoms with Gasteiger partial charge in [-0.05, 0) is 25.0 Å². The van der Waals surface area contributed by atoms with E-state index in [1.54, 1.807) is 33.7 Å². The third-order valence-electron chi connectivity index (χ3n) is 7.80. The first-order valence-corrected chi connectivity index (χ1v) is 21.2. The van der Waals surface area contributed by atoms with E-state index in [0.29, 0.717) is 13.1 Å². The molecule has 0 aliphatic heterocycles. The molecule has 8 nitrogen and oxygen atoms in total. The van der Waals surface area contributed by atoms with Crippen molar-refractivity contribution in [1.29, 1.82) is 0 Å². The van der Waals surface area contributed by atoms with Gasteiger partial charge in [0, 0.05) is 25.5 Å². The highest BCUT2D eigenvalue weighted by Gasteiger charge is 2.23. The van der Waals surface area contributed by atoms with Crippen LogP contribution in [0.15, 0.2) is 94.8 Å². The summed E-state index contributed by atoms with van der Waals surface area (Å²) in [7, 11) is -2.73. The van der Waals surface area contributed by atoms with Crippen LogP contribution in [0.25, 0.3) is 0 Å². The summed E-state index contributed by atoms with van der Waals surface area (Å²) in [5, 5.41) is 2.99. The van der Waals surface area contributed by atoms with Crippen molar-refractivity contribution in [2.75, 3.05) is 11.5 Å². The summed E-state index contributed by atoms with van der Waals surface area (Å²) in [6, 6.07) is 27.3. The molecule has 0 bridgehead atoms. The summed E-state index contributed by atoms with van der Waals surface area (Å²) < 4.78 is 3.26. The largest absolute Gasteiger partial charge is 0.383 e. The van der Waals surface area contributed by atoms with Crippen LogP contribution in [-0.2, 0) is 13.1 Å². The Labute approximate surface area is 251 Å². The van der Waals surface area contributed by atoms with Crippen LogP contribution in [-0.4, -0.2) is 35.2 Å². The second-order valence-corrected chi connectivity index (χ2v) is 21.8. The van der Waals surface area contributed by atoms with Crippen LogP contribution in [0.5, 0.6) is 0 Å². The van der Waals surface area contributed by atoms with Crippen molar-refractivity contribution in [2.24, 2.45) is 0 Å². The summed E-state index contributed by atoms with van der Waals surface area (Å²) >= 11 is 0. The molecule has 0 aliphatic carbocycles. The van der Waals surface area contributed by atoms with Crippen LogP contribution in [0.3, 0.4) is 0 Å². The van der Waals surface area contributed by atoms with Gasteiger partial charge in [0.2, 0.25) is 0 Å². The molecular formula is C32H46N6O2Si2. The third kappa shape index (κ3) is 10.3. The lowest BCUT2D eigenvalue weighted by Crippen LogP contribution is -2.40. The number of hydrogen-bond acceptors (Lipinski definition) is 6. The number of nitrogens with two attached hydrogens (primary N) is 2. The van der Waals surface area contributed by atoms with Gasteiger partial charge >= 0.3 is 11.4 Å². The molecule has 42 heavy (non-hydrogen) atoms. The molecule has 0 saturated heterocycles. The van der Waals surface area contributed by atoms with E-state index in [1.165, 1.54) is 22.5 Å². The van der Waals surface area contributed by atoms with Crippen LogP contribution in [0.4, 0.5) is 11.6 Å². The highest BCUT2D eigenvalue weighted by molar-refractivity contribution is 6.90. The first-order valence-electron chi connectivity index (χ1n) is 14.7. The number of unbranched alkanes of at least 4 members (excludes halogenated alkanes) is 2. The van der Waals surface area contributed by atoms with E-state index in [0.717, 1.165) is 25.7 Å². The predicted molar refractivity (Wildman–Crippen MR) is 181 cm³/mol. The molecule has 0 fully saturated rings. The van der Waals surface area contributed by atoms with E-state index >= 15 is 0 Å². The molecule has 0 spiro atoms. The minimum absolute atomic E-state index is 0.255. The zero-order valence-electron chi connectivity index (χ0n) is 25.5. The fourth-order valence-corrected chi connectivity index (χ4v) is 10.0. The van der Waals surface area contributed by atoms with Crippen LogP contribution < -0.4 is 33.2 Å². The van der Waals surface area contributed by atoms with E-state index in [2.05, 4.69) is 96.8 Å². The molecule has 224 valence electrons. The smallest absolute Gasteiger partial charge is 0.349 e. The molecule has 0 radical (unpaired) electrons. The molecule has 0 atom stereocenters. The number of nitrogen functional groups attached to an aromatic ring is 2. The molecular weight excluding hydrogens is 557 g/mol. The van der Waals surface area contributed by atoms with Gasteiger partial charge in [0.1, 0.15) is 11.6 Å². The number of anilines is 2. The van der Waals surface area contributed by atoms with Crippen LogP contribution in [0.1, 0.15) is 25.7 Å². The molecule has 10 heteroatoms. The zero-order valence-corrected chi connectivity index (χ0v) is 27.5. The zero-order chi connectivity index (χ0) is 30.6. The Balaban J connectivity index is 0.000000230. The minimum atomic E-state index is -1.36. The summed E-state index contributed by atoms with van der Waals surface area (Å²) in [6.45, 7) is 11.0. The van der Waals surface area contributed by atoms with E-state index in [-0.39, 0.29) is 23.0 Å². The number of hydrogen-bond donors (Lipinski definition) is 2. The van der Waals surface area contributed by atoms with E-state index < -0.39 is 16.1 Å². The highest BCUT2D eigenvalue weighted by Crippen LogP contribution is 2.15. The predicted octanol–water partition coefficient (Wildman–Crippen LogP) is 4.44. The van der Waals surface area contributed by atoms with Gasteiger partial charge in [-0.15, -0.1) is 0 Å². The second-order valence-electron chi connectivity index (χ2n) is 12.1. The lowest BCUT2D eigenvalue weighted by molar-refractivity contribution is 0.598.